The van der Waals surface area contributed by atoms with Crippen LogP contribution in [0.5, 0.6) is 0 Å². The van der Waals surface area contributed by atoms with Gasteiger partial charge in [-0.05, 0) is 63.2 Å². The summed E-state index contributed by atoms with van der Waals surface area (Å²) in [4.78, 5) is 22.9. The molecule has 2 aliphatic carbocycles. The van der Waals surface area contributed by atoms with E-state index in [4.69, 9.17) is 5.11 Å². The number of hydrogen-bond acceptors (Lipinski definition) is 4. The van der Waals surface area contributed by atoms with Gasteiger partial charge >= 0.3 is 5.97 Å². The van der Waals surface area contributed by atoms with E-state index in [1.807, 2.05) is 12.2 Å². The first kappa shape index (κ1) is 23.8. The fourth-order valence-corrected chi connectivity index (χ4v) is 4.43. The summed E-state index contributed by atoms with van der Waals surface area (Å²) in [5, 5.41) is 29.0. The van der Waals surface area contributed by atoms with Crippen LogP contribution in [0.3, 0.4) is 0 Å². The Kier molecular flexibility index (Phi) is 9.57. The average Bonchev–Trinajstić information content (AvgIpc) is 3.48. The summed E-state index contributed by atoms with van der Waals surface area (Å²) in [6, 6.07) is 0. The average molecular weight is 407 g/mol. The third-order valence-corrected chi connectivity index (χ3v) is 6.51. The number of rotatable bonds is 14. The van der Waals surface area contributed by atoms with E-state index in [9.17, 15) is 19.8 Å². The number of unbranched alkanes of at least 4 members (excludes halogenated alkanes) is 2. The third kappa shape index (κ3) is 7.71. The highest BCUT2D eigenvalue weighted by molar-refractivity contribution is 5.83. The molecule has 0 aromatic heterocycles. The zero-order valence-electron chi connectivity index (χ0n) is 17.8. The van der Waals surface area contributed by atoms with E-state index in [0.29, 0.717) is 31.6 Å². The monoisotopic (exact) mass is 406 g/mol. The van der Waals surface area contributed by atoms with Gasteiger partial charge in [-0.1, -0.05) is 50.5 Å². The zero-order valence-corrected chi connectivity index (χ0v) is 17.8. The second-order valence-corrected chi connectivity index (χ2v) is 8.88. The molecule has 0 saturated heterocycles. The van der Waals surface area contributed by atoms with Crippen molar-refractivity contribution in [3.8, 4) is 0 Å². The van der Waals surface area contributed by atoms with Gasteiger partial charge in [-0.15, -0.1) is 0 Å². The van der Waals surface area contributed by atoms with Gasteiger partial charge in [0.15, 0.2) is 6.10 Å². The lowest BCUT2D eigenvalue weighted by Crippen LogP contribution is -2.30. The van der Waals surface area contributed by atoms with Crippen molar-refractivity contribution in [3.63, 3.8) is 0 Å². The van der Waals surface area contributed by atoms with E-state index in [1.54, 1.807) is 0 Å². The quantitative estimate of drug-likeness (QED) is 0.293. The van der Waals surface area contributed by atoms with Crippen molar-refractivity contribution >= 4 is 11.8 Å². The summed E-state index contributed by atoms with van der Waals surface area (Å²) in [6.45, 7) is 2.18. The standard InChI is InChI=1S/C24H38O5/c1-2-3-7-16-24(29,19-13-14-19)17-8-9-18-12-15-21(25)20(18)10-5-4-6-11-22(26)23(27)28/h4-5,8-9,18-20,22,26,29H,2-3,6-7,10-17H2,1H3,(H,27,28)/t18-,20+,22?,24?/m0/s1. The summed E-state index contributed by atoms with van der Waals surface area (Å²) < 4.78 is 0. The molecule has 2 saturated carbocycles. The molecule has 5 nitrogen and oxygen atoms in total. The number of carboxylic acid groups (broad SMARTS) is 1. The Balaban J connectivity index is 1.81. The number of aliphatic hydroxyl groups excluding tert-OH is 1. The molecule has 0 amide bonds. The molecule has 0 aromatic rings. The second-order valence-electron chi connectivity index (χ2n) is 8.88. The van der Waals surface area contributed by atoms with Gasteiger partial charge in [-0.2, -0.15) is 0 Å². The summed E-state index contributed by atoms with van der Waals surface area (Å²) >= 11 is 0. The van der Waals surface area contributed by atoms with Crippen LogP contribution in [-0.4, -0.2) is 38.8 Å². The molecule has 164 valence electrons. The highest BCUT2D eigenvalue weighted by Crippen LogP contribution is 2.45. The SMILES string of the molecule is CCCCCC(O)(CC=C[C@H]1CCC(=O)[C@@H]1CC=CCCC(O)C(=O)O)C1CC1. The summed E-state index contributed by atoms with van der Waals surface area (Å²) in [5.74, 6) is -0.281. The van der Waals surface area contributed by atoms with E-state index >= 15 is 0 Å². The van der Waals surface area contributed by atoms with Crippen LogP contribution in [0.4, 0.5) is 0 Å². The first-order chi connectivity index (χ1) is 13.9. The number of carbonyl (C=O) groups excluding carboxylic acids is 1. The first-order valence-corrected chi connectivity index (χ1v) is 11.3. The number of hydrogen-bond donors (Lipinski definition) is 3. The highest BCUT2D eigenvalue weighted by atomic mass is 16.4. The minimum atomic E-state index is -1.33. The van der Waals surface area contributed by atoms with E-state index < -0.39 is 17.7 Å². The number of carbonyl (C=O) groups is 2. The first-order valence-electron chi connectivity index (χ1n) is 11.3. The lowest BCUT2D eigenvalue weighted by Gasteiger charge is -2.27. The Morgan fingerprint density at radius 2 is 1.97 bits per heavy atom. The fourth-order valence-electron chi connectivity index (χ4n) is 4.43. The van der Waals surface area contributed by atoms with Crippen molar-refractivity contribution in [2.75, 3.05) is 0 Å². The van der Waals surface area contributed by atoms with Crippen LogP contribution in [0.25, 0.3) is 0 Å². The molecular formula is C24H38O5. The van der Waals surface area contributed by atoms with Crippen molar-refractivity contribution in [1.82, 2.24) is 0 Å². The number of aliphatic hydroxyl groups is 2. The number of Topliss-reactive ketones (excluding diaryl/α,β-unsaturated/α-hetero) is 1. The number of aliphatic carboxylic acids is 1. The lowest BCUT2D eigenvalue weighted by atomic mass is 9.86. The van der Waals surface area contributed by atoms with E-state index in [-0.39, 0.29) is 24.0 Å². The maximum absolute atomic E-state index is 12.3. The molecule has 2 aliphatic rings. The summed E-state index contributed by atoms with van der Waals surface area (Å²) in [5.41, 5.74) is -0.575. The maximum atomic E-state index is 12.3. The van der Waals surface area contributed by atoms with Gasteiger partial charge in [0, 0.05) is 12.3 Å². The molecular weight excluding hydrogens is 368 g/mol. The maximum Gasteiger partial charge on any atom is 0.332 e. The van der Waals surface area contributed by atoms with Crippen LogP contribution in [0.2, 0.25) is 0 Å². The minimum absolute atomic E-state index is 0.0268. The molecule has 5 heteroatoms. The van der Waals surface area contributed by atoms with Crippen LogP contribution in [0.15, 0.2) is 24.3 Å². The predicted octanol–water partition coefficient (Wildman–Crippen LogP) is 4.42. The molecule has 0 aromatic carbocycles. The zero-order chi connectivity index (χ0) is 21.3. The molecule has 3 N–H and O–H groups in total. The van der Waals surface area contributed by atoms with Crippen molar-refractivity contribution in [1.29, 1.82) is 0 Å². The second kappa shape index (κ2) is 11.7. The lowest BCUT2D eigenvalue weighted by molar-refractivity contribution is -0.146. The summed E-state index contributed by atoms with van der Waals surface area (Å²) in [7, 11) is 0. The van der Waals surface area contributed by atoms with Crippen LogP contribution < -0.4 is 0 Å². The van der Waals surface area contributed by atoms with E-state index in [0.717, 1.165) is 44.9 Å². The Bertz CT molecular complexity index is 592. The molecule has 0 bridgehead atoms. The number of carboxylic acids is 1. The topological polar surface area (TPSA) is 94.8 Å². The Morgan fingerprint density at radius 3 is 2.62 bits per heavy atom. The van der Waals surface area contributed by atoms with Crippen LogP contribution in [-0.2, 0) is 9.59 Å². The smallest absolute Gasteiger partial charge is 0.332 e. The van der Waals surface area contributed by atoms with Crippen LogP contribution >= 0.6 is 0 Å². The van der Waals surface area contributed by atoms with Crippen molar-refractivity contribution < 1.29 is 24.9 Å². The Labute approximate surface area is 174 Å². The third-order valence-electron chi connectivity index (χ3n) is 6.51. The van der Waals surface area contributed by atoms with Crippen LogP contribution in [0, 0.1) is 17.8 Å². The highest BCUT2D eigenvalue weighted by Gasteiger charge is 2.42. The van der Waals surface area contributed by atoms with Crippen molar-refractivity contribution in [2.45, 2.75) is 95.7 Å². The molecule has 2 fully saturated rings. The van der Waals surface area contributed by atoms with Gasteiger partial charge in [0.05, 0.1) is 5.60 Å². The van der Waals surface area contributed by atoms with Gasteiger partial charge in [-0.3, -0.25) is 4.79 Å². The predicted molar refractivity (Wildman–Crippen MR) is 113 cm³/mol. The Hall–Kier alpha value is -1.46. The van der Waals surface area contributed by atoms with Crippen molar-refractivity contribution in [3.05, 3.63) is 24.3 Å². The molecule has 0 spiro atoms. The summed E-state index contributed by atoms with van der Waals surface area (Å²) in [6.07, 6.45) is 16.7. The molecule has 4 atom stereocenters. The molecule has 0 radical (unpaired) electrons. The Morgan fingerprint density at radius 1 is 1.21 bits per heavy atom. The van der Waals surface area contributed by atoms with Crippen molar-refractivity contribution in [2.24, 2.45) is 17.8 Å². The molecule has 0 aliphatic heterocycles. The number of ketones is 1. The molecule has 0 heterocycles. The van der Waals surface area contributed by atoms with Gasteiger partial charge in [0.25, 0.3) is 0 Å². The molecule has 2 rings (SSSR count). The number of allylic oxidation sites excluding steroid dienone is 3. The molecule has 2 unspecified atom stereocenters. The fraction of sp³-hybridized carbons (Fsp3) is 0.750. The minimum Gasteiger partial charge on any atom is -0.479 e. The van der Waals surface area contributed by atoms with Crippen LogP contribution in [0.1, 0.15) is 84.0 Å². The molecule has 29 heavy (non-hydrogen) atoms. The van der Waals surface area contributed by atoms with Gasteiger partial charge in [0.1, 0.15) is 5.78 Å². The largest absolute Gasteiger partial charge is 0.479 e. The van der Waals surface area contributed by atoms with Gasteiger partial charge in [-0.25, -0.2) is 4.79 Å². The van der Waals surface area contributed by atoms with Gasteiger partial charge < -0.3 is 15.3 Å². The van der Waals surface area contributed by atoms with Gasteiger partial charge in [0.2, 0.25) is 0 Å². The normalized spacial score (nSPS) is 25.7. The van der Waals surface area contributed by atoms with E-state index in [1.165, 1.54) is 0 Å². The van der Waals surface area contributed by atoms with E-state index in [2.05, 4.69) is 19.1 Å².